The van der Waals surface area contributed by atoms with Crippen molar-refractivity contribution in [3.05, 3.63) is 23.8 Å². The lowest BCUT2D eigenvalue weighted by molar-refractivity contribution is 0.250. The van der Waals surface area contributed by atoms with Crippen molar-refractivity contribution in [1.82, 2.24) is 5.32 Å². The van der Waals surface area contributed by atoms with E-state index in [1.807, 2.05) is 12.1 Å². The van der Waals surface area contributed by atoms with Crippen LogP contribution in [-0.2, 0) is 0 Å². The van der Waals surface area contributed by atoms with Crippen LogP contribution < -0.4 is 14.8 Å². The van der Waals surface area contributed by atoms with Crippen molar-refractivity contribution in [2.24, 2.45) is 5.92 Å². The molecule has 18 heavy (non-hydrogen) atoms. The Labute approximate surface area is 109 Å². The average molecular weight is 249 g/mol. The smallest absolute Gasteiger partial charge is 0.127 e. The Balaban J connectivity index is 2.03. The first-order chi connectivity index (χ1) is 8.70. The van der Waals surface area contributed by atoms with Gasteiger partial charge >= 0.3 is 0 Å². The molecule has 1 aromatic rings. The molecule has 0 saturated carbocycles. The molecule has 1 heterocycles. The highest BCUT2D eigenvalue weighted by atomic mass is 16.5. The van der Waals surface area contributed by atoms with Crippen molar-refractivity contribution in [2.45, 2.75) is 32.7 Å². The molecule has 0 amide bonds. The Bertz CT molecular complexity index is 390. The zero-order valence-electron chi connectivity index (χ0n) is 11.5. The summed E-state index contributed by atoms with van der Waals surface area (Å²) in [4.78, 5) is 0. The predicted molar refractivity (Wildman–Crippen MR) is 73.3 cm³/mol. The Kier molecular flexibility index (Phi) is 4.48. The Morgan fingerprint density at radius 2 is 2.28 bits per heavy atom. The van der Waals surface area contributed by atoms with Crippen LogP contribution in [0.5, 0.6) is 11.5 Å². The molecular weight excluding hydrogens is 226 g/mol. The van der Waals surface area contributed by atoms with E-state index in [2.05, 4.69) is 25.2 Å². The number of rotatable bonds is 5. The predicted octanol–water partition coefficient (Wildman–Crippen LogP) is 3.15. The molecule has 2 rings (SSSR count). The third-order valence-electron chi connectivity index (χ3n) is 3.37. The molecule has 0 fully saturated rings. The molecule has 1 aliphatic rings. The van der Waals surface area contributed by atoms with Crippen molar-refractivity contribution in [3.8, 4) is 11.5 Å². The third-order valence-corrected chi connectivity index (χ3v) is 3.37. The number of hydrogen-bond donors (Lipinski definition) is 1. The fraction of sp³-hybridized carbons (Fsp3) is 0.600. The SMILES string of the molecule is COc1ccc2c(c1)OCCC2NCCC(C)C. The standard InChI is InChI=1S/C15H23NO2/c1-11(2)6-8-16-14-7-9-18-15-10-12(17-3)4-5-13(14)15/h4-5,10-11,14,16H,6-9H2,1-3H3. The summed E-state index contributed by atoms with van der Waals surface area (Å²) in [6.45, 7) is 6.35. The van der Waals surface area contributed by atoms with E-state index in [0.29, 0.717) is 6.04 Å². The lowest BCUT2D eigenvalue weighted by Gasteiger charge is -2.27. The summed E-state index contributed by atoms with van der Waals surface area (Å²) in [6, 6.07) is 6.51. The summed E-state index contributed by atoms with van der Waals surface area (Å²) < 4.78 is 10.9. The van der Waals surface area contributed by atoms with Crippen LogP contribution in [-0.4, -0.2) is 20.3 Å². The molecule has 1 N–H and O–H groups in total. The first-order valence-electron chi connectivity index (χ1n) is 6.75. The van der Waals surface area contributed by atoms with Gasteiger partial charge in [-0.25, -0.2) is 0 Å². The zero-order valence-corrected chi connectivity index (χ0v) is 11.5. The third kappa shape index (κ3) is 3.16. The number of nitrogens with one attached hydrogen (secondary N) is 1. The lowest BCUT2D eigenvalue weighted by atomic mass is 10.00. The van der Waals surface area contributed by atoms with Crippen molar-refractivity contribution < 1.29 is 9.47 Å². The Hall–Kier alpha value is -1.22. The quantitative estimate of drug-likeness (QED) is 0.869. The second-order valence-electron chi connectivity index (χ2n) is 5.23. The van der Waals surface area contributed by atoms with Crippen LogP contribution in [0.2, 0.25) is 0 Å². The van der Waals surface area contributed by atoms with E-state index in [1.54, 1.807) is 7.11 Å². The molecule has 100 valence electrons. The highest BCUT2D eigenvalue weighted by Crippen LogP contribution is 2.34. The number of ether oxygens (including phenoxy) is 2. The summed E-state index contributed by atoms with van der Waals surface area (Å²) in [5, 5.41) is 3.63. The average Bonchev–Trinajstić information content (AvgIpc) is 2.38. The van der Waals surface area contributed by atoms with Gasteiger partial charge in [-0.15, -0.1) is 0 Å². The van der Waals surface area contributed by atoms with Gasteiger partial charge in [0.1, 0.15) is 11.5 Å². The van der Waals surface area contributed by atoms with Crippen LogP contribution in [0.15, 0.2) is 18.2 Å². The molecule has 0 aromatic heterocycles. The second kappa shape index (κ2) is 6.10. The van der Waals surface area contributed by atoms with Gasteiger partial charge in [0.2, 0.25) is 0 Å². The van der Waals surface area contributed by atoms with Crippen LogP contribution in [0.3, 0.4) is 0 Å². The van der Waals surface area contributed by atoms with Crippen LogP contribution in [0.1, 0.15) is 38.3 Å². The number of benzene rings is 1. The van der Waals surface area contributed by atoms with E-state index in [4.69, 9.17) is 9.47 Å². The van der Waals surface area contributed by atoms with Crippen molar-refractivity contribution in [1.29, 1.82) is 0 Å². The van der Waals surface area contributed by atoms with Gasteiger partial charge in [-0.05, 0) is 24.9 Å². The molecule has 0 aliphatic carbocycles. The molecule has 0 saturated heterocycles. The molecule has 1 unspecified atom stereocenters. The Morgan fingerprint density at radius 1 is 1.44 bits per heavy atom. The molecule has 0 bridgehead atoms. The van der Waals surface area contributed by atoms with E-state index >= 15 is 0 Å². The molecule has 1 atom stereocenters. The van der Waals surface area contributed by atoms with Gasteiger partial charge in [0, 0.05) is 24.1 Å². The van der Waals surface area contributed by atoms with Gasteiger partial charge in [-0.3, -0.25) is 0 Å². The van der Waals surface area contributed by atoms with E-state index in [-0.39, 0.29) is 0 Å². The molecule has 3 nitrogen and oxygen atoms in total. The van der Waals surface area contributed by atoms with Gasteiger partial charge in [0.15, 0.2) is 0 Å². The summed E-state index contributed by atoms with van der Waals surface area (Å²) in [5.74, 6) is 2.56. The van der Waals surface area contributed by atoms with Crippen LogP contribution in [0.25, 0.3) is 0 Å². The fourth-order valence-electron chi connectivity index (χ4n) is 2.26. The van der Waals surface area contributed by atoms with E-state index in [0.717, 1.165) is 37.0 Å². The molecular formula is C15H23NO2. The minimum Gasteiger partial charge on any atom is -0.497 e. The van der Waals surface area contributed by atoms with Crippen LogP contribution >= 0.6 is 0 Å². The molecule has 1 aliphatic heterocycles. The van der Waals surface area contributed by atoms with Gasteiger partial charge < -0.3 is 14.8 Å². The molecule has 0 radical (unpaired) electrons. The topological polar surface area (TPSA) is 30.5 Å². The second-order valence-corrected chi connectivity index (χ2v) is 5.23. The molecule has 3 heteroatoms. The maximum absolute atomic E-state index is 5.70. The highest BCUT2D eigenvalue weighted by molar-refractivity contribution is 5.43. The largest absolute Gasteiger partial charge is 0.497 e. The summed E-state index contributed by atoms with van der Waals surface area (Å²) in [6.07, 6.45) is 2.25. The number of fused-ring (bicyclic) bond motifs is 1. The summed E-state index contributed by atoms with van der Waals surface area (Å²) >= 11 is 0. The van der Waals surface area contributed by atoms with Gasteiger partial charge in [0.05, 0.1) is 13.7 Å². The maximum atomic E-state index is 5.70. The van der Waals surface area contributed by atoms with Crippen molar-refractivity contribution >= 4 is 0 Å². The monoisotopic (exact) mass is 249 g/mol. The minimum absolute atomic E-state index is 0.415. The minimum atomic E-state index is 0.415. The molecule has 1 aromatic carbocycles. The summed E-state index contributed by atoms with van der Waals surface area (Å²) in [7, 11) is 1.68. The number of hydrogen-bond acceptors (Lipinski definition) is 3. The first kappa shape index (κ1) is 13.2. The van der Waals surface area contributed by atoms with E-state index < -0.39 is 0 Å². The van der Waals surface area contributed by atoms with E-state index in [9.17, 15) is 0 Å². The number of methoxy groups -OCH3 is 1. The van der Waals surface area contributed by atoms with Crippen LogP contribution in [0, 0.1) is 5.92 Å². The van der Waals surface area contributed by atoms with Gasteiger partial charge in [0.25, 0.3) is 0 Å². The van der Waals surface area contributed by atoms with Crippen molar-refractivity contribution in [2.75, 3.05) is 20.3 Å². The van der Waals surface area contributed by atoms with Crippen LogP contribution in [0.4, 0.5) is 0 Å². The lowest BCUT2D eigenvalue weighted by Crippen LogP contribution is -2.28. The van der Waals surface area contributed by atoms with E-state index in [1.165, 1.54) is 12.0 Å². The maximum Gasteiger partial charge on any atom is 0.127 e. The summed E-state index contributed by atoms with van der Waals surface area (Å²) in [5.41, 5.74) is 1.26. The van der Waals surface area contributed by atoms with Crippen molar-refractivity contribution in [3.63, 3.8) is 0 Å². The van der Waals surface area contributed by atoms with Gasteiger partial charge in [-0.2, -0.15) is 0 Å². The molecule has 0 spiro atoms. The normalized spacial score (nSPS) is 18.3. The zero-order chi connectivity index (χ0) is 13.0. The highest BCUT2D eigenvalue weighted by Gasteiger charge is 2.21. The van der Waals surface area contributed by atoms with Gasteiger partial charge in [-0.1, -0.05) is 19.9 Å². The fourth-order valence-corrected chi connectivity index (χ4v) is 2.26. The first-order valence-corrected chi connectivity index (χ1v) is 6.75. The Morgan fingerprint density at radius 3 is 3.00 bits per heavy atom.